The Labute approximate surface area is 77.3 Å². The van der Waals surface area contributed by atoms with Crippen molar-refractivity contribution in [3.8, 4) is 0 Å². The molecule has 2 heterocycles. The molecule has 13 heavy (non-hydrogen) atoms. The SMILES string of the molecule is CC1OCC(O)C1Cc1ccoc1. The summed E-state index contributed by atoms with van der Waals surface area (Å²) in [5.74, 6) is 0.206. The molecule has 0 spiro atoms. The maximum Gasteiger partial charge on any atom is 0.0934 e. The molecule has 3 atom stereocenters. The lowest BCUT2D eigenvalue weighted by molar-refractivity contribution is 0.0963. The Balaban J connectivity index is 2.01. The van der Waals surface area contributed by atoms with Crippen molar-refractivity contribution in [3.63, 3.8) is 0 Å². The molecular weight excluding hydrogens is 168 g/mol. The number of hydrogen-bond acceptors (Lipinski definition) is 3. The van der Waals surface area contributed by atoms with E-state index in [0.29, 0.717) is 6.61 Å². The van der Waals surface area contributed by atoms with Crippen LogP contribution < -0.4 is 0 Å². The smallest absolute Gasteiger partial charge is 0.0934 e. The highest BCUT2D eigenvalue weighted by atomic mass is 16.5. The maximum absolute atomic E-state index is 9.60. The summed E-state index contributed by atoms with van der Waals surface area (Å²) >= 11 is 0. The summed E-state index contributed by atoms with van der Waals surface area (Å²) < 4.78 is 10.3. The van der Waals surface area contributed by atoms with Gasteiger partial charge in [0.1, 0.15) is 0 Å². The van der Waals surface area contributed by atoms with Crippen LogP contribution in [0.5, 0.6) is 0 Å². The average molecular weight is 182 g/mol. The fraction of sp³-hybridized carbons (Fsp3) is 0.600. The minimum absolute atomic E-state index is 0.143. The molecule has 3 nitrogen and oxygen atoms in total. The number of furan rings is 1. The monoisotopic (exact) mass is 182 g/mol. The van der Waals surface area contributed by atoms with E-state index in [4.69, 9.17) is 9.15 Å². The van der Waals surface area contributed by atoms with Crippen LogP contribution in [0.15, 0.2) is 23.0 Å². The molecule has 1 aromatic rings. The predicted octanol–water partition coefficient (Wildman–Crippen LogP) is 1.22. The molecule has 3 heteroatoms. The van der Waals surface area contributed by atoms with Crippen LogP contribution in [0, 0.1) is 5.92 Å². The minimum Gasteiger partial charge on any atom is -0.472 e. The van der Waals surface area contributed by atoms with Crippen molar-refractivity contribution < 1.29 is 14.3 Å². The first-order valence-electron chi connectivity index (χ1n) is 4.58. The Morgan fingerprint density at radius 2 is 2.46 bits per heavy atom. The van der Waals surface area contributed by atoms with Gasteiger partial charge in [-0.05, 0) is 25.0 Å². The van der Waals surface area contributed by atoms with Crippen LogP contribution in [0.3, 0.4) is 0 Å². The van der Waals surface area contributed by atoms with E-state index in [-0.39, 0.29) is 18.1 Å². The van der Waals surface area contributed by atoms with E-state index in [9.17, 15) is 5.11 Å². The molecule has 1 aromatic heterocycles. The van der Waals surface area contributed by atoms with Gasteiger partial charge in [0.05, 0.1) is 31.3 Å². The minimum atomic E-state index is -0.329. The van der Waals surface area contributed by atoms with Gasteiger partial charge >= 0.3 is 0 Å². The van der Waals surface area contributed by atoms with Crippen molar-refractivity contribution in [3.05, 3.63) is 24.2 Å². The number of aliphatic hydroxyl groups excluding tert-OH is 1. The van der Waals surface area contributed by atoms with Crippen molar-refractivity contribution in [1.82, 2.24) is 0 Å². The lowest BCUT2D eigenvalue weighted by Crippen LogP contribution is -2.24. The van der Waals surface area contributed by atoms with Gasteiger partial charge in [-0.2, -0.15) is 0 Å². The number of aliphatic hydroxyl groups is 1. The first-order valence-corrected chi connectivity index (χ1v) is 4.58. The van der Waals surface area contributed by atoms with Crippen LogP contribution >= 0.6 is 0 Å². The lowest BCUT2D eigenvalue weighted by atomic mass is 9.93. The Morgan fingerprint density at radius 1 is 1.62 bits per heavy atom. The molecule has 0 aliphatic carbocycles. The van der Waals surface area contributed by atoms with Gasteiger partial charge < -0.3 is 14.3 Å². The van der Waals surface area contributed by atoms with Crippen LogP contribution in [0.2, 0.25) is 0 Å². The molecule has 1 aliphatic heterocycles. The largest absolute Gasteiger partial charge is 0.472 e. The normalized spacial score (nSPS) is 33.8. The highest BCUT2D eigenvalue weighted by molar-refractivity contribution is 5.08. The van der Waals surface area contributed by atoms with Crippen molar-refractivity contribution in [2.24, 2.45) is 5.92 Å². The molecule has 2 rings (SSSR count). The van der Waals surface area contributed by atoms with Gasteiger partial charge in [0.15, 0.2) is 0 Å². The number of hydrogen-bond donors (Lipinski definition) is 1. The molecule has 0 saturated carbocycles. The second-order valence-electron chi connectivity index (χ2n) is 3.61. The second kappa shape index (κ2) is 3.52. The molecule has 1 saturated heterocycles. The summed E-state index contributed by atoms with van der Waals surface area (Å²) in [5, 5.41) is 9.60. The van der Waals surface area contributed by atoms with E-state index < -0.39 is 0 Å². The third-order valence-electron chi connectivity index (χ3n) is 2.68. The maximum atomic E-state index is 9.60. The van der Waals surface area contributed by atoms with Crippen LogP contribution in [0.1, 0.15) is 12.5 Å². The number of ether oxygens (including phenoxy) is 1. The van der Waals surface area contributed by atoms with E-state index in [2.05, 4.69) is 0 Å². The Hall–Kier alpha value is -0.800. The second-order valence-corrected chi connectivity index (χ2v) is 3.61. The van der Waals surface area contributed by atoms with Crippen molar-refractivity contribution in [2.75, 3.05) is 6.61 Å². The molecule has 1 N–H and O–H groups in total. The van der Waals surface area contributed by atoms with Gasteiger partial charge in [0.2, 0.25) is 0 Å². The van der Waals surface area contributed by atoms with E-state index >= 15 is 0 Å². The van der Waals surface area contributed by atoms with Crippen molar-refractivity contribution in [2.45, 2.75) is 25.6 Å². The van der Waals surface area contributed by atoms with Gasteiger partial charge in [0.25, 0.3) is 0 Å². The van der Waals surface area contributed by atoms with Crippen LogP contribution in [-0.4, -0.2) is 23.9 Å². The zero-order valence-electron chi connectivity index (χ0n) is 7.64. The van der Waals surface area contributed by atoms with E-state index in [1.54, 1.807) is 12.5 Å². The molecule has 0 bridgehead atoms. The quantitative estimate of drug-likeness (QED) is 0.747. The highest BCUT2D eigenvalue weighted by Crippen LogP contribution is 2.25. The highest BCUT2D eigenvalue weighted by Gasteiger charge is 2.32. The average Bonchev–Trinajstić information content (AvgIpc) is 2.70. The molecule has 1 aliphatic rings. The summed E-state index contributed by atoms with van der Waals surface area (Å²) in [5.41, 5.74) is 1.13. The third-order valence-corrected chi connectivity index (χ3v) is 2.68. The molecular formula is C10H14O3. The Morgan fingerprint density at radius 3 is 3.00 bits per heavy atom. The Kier molecular flexibility index (Phi) is 2.38. The lowest BCUT2D eigenvalue weighted by Gasteiger charge is -2.15. The third kappa shape index (κ3) is 1.76. The number of rotatable bonds is 2. The first kappa shape index (κ1) is 8.78. The van der Waals surface area contributed by atoms with Crippen molar-refractivity contribution >= 4 is 0 Å². The summed E-state index contributed by atoms with van der Waals surface area (Å²) in [6, 6.07) is 1.93. The summed E-state index contributed by atoms with van der Waals surface area (Å²) in [4.78, 5) is 0. The van der Waals surface area contributed by atoms with Gasteiger partial charge in [-0.25, -0.2) is 0 Å². The first-order chi connectivity index (χ1) is 6.27. The fourth-order valence-electron chi connectivity index (χ4n) is 1.79. The van der Waals surface area contributed by atoms with Gasteiger partial charge in [-0.15, -0.1) is 0 Å². The zero-order chi connectivity index (χ0) is 9.26. The van der Waals surface area contributed by atoms with Gasteiger partial charge in [-0.3, -0.25) is 0 Å². The Bertz CT molecular complexity index is 245. The molecule has 3 unspecified atom stereocenters. The molecule has 1 fully saturated rings. The molecule has 0 amide bonds. The van der Waals surface area contributed by atoms with E-state index in [1.165, 1.54) is 0 Å². The zero-order valence-corrected chi connectivity index (χ0v) is 7.64. The summed E-state index contributed by atoms with van der Waals surface area (Å²) in [6.07, 6.45) is 4.02. The molecule has 0 aromatic carbocycles. The van der Waals surface area contributed by atoms with Gasteiger partial charge in [0, 0.05) is 5.92 Å². The van der Waals surface area contributed by atoms with Gasteiger partial charge in [-0.1, -0.05) is 0 Å². The van der Waals surface area contributed by atoms with E-state index in [0.717, 1.165) is 12.0 Å². The van der Waals surface area contributed by atoms with Crippen LogP contribution in [0.4, 0.5) is 0 Å². The molecule has 72 valence electrons. The topological polar surface area (TPSA) is 42.6 Å². The fourth-order valence-corrected chi connectivity index (χ4v) is 1.79. The van der Waals surface area contributed by atoms with Crippen LogP contribution in [0.25, 0.3) is 0 Å². The molecule has 0 radical (unpaired) electrons. The van der Waals surface area contributed by atoms with Crippen molar-refractivity contribution in [1.29, 1.82) is 0 Å². The summed E-state index contributed by atoms with van der Waals surface area (Å²) in [6.45, 7) is 2.46. The van der Waals surface area contributed by atoms with E-state index in [1.807, 2.05) is 13.0 Å². The van der Waals surface area contributed by atoms with Crippen LogP contribution in [-0.2, 0) is 11.2 Å². The predicted molar refractivity (Wildman–Crippen MR) is 47.3 cm³/mol. The summed E-state index contributed by atoms with van der Waals surface area (Å²) in [7, 11) is 0. The standard InChI is InChI=1S/C10H14O3/c1-7-9(10(11)6-13-7)4-8-2-3-12-5-8/h2-3,5,7,9-11H,4,6H2,1H3.